The number of likely N-dealkylation sites (tertiary alicyclic amines) is 1. The highest BCUT2D eigenvalue weighted by atomic mass is 19.4. The largest absolute Gasteiger partial charge is 0.480 e. The number of carbonyl (C=O) groups is 2. The molecule has 0 radical (unpaired) electrons. The number of pyridine rings is 1. The van der Waals surface area contributed by atoms with Crippen molar-refractivity contribution in [1.82, 2.24) is 15.2 Å². The van der Waals surface area contributed by atoms with Crippen molar-refractivity contribution in [3.05, 3.63) is 58.5 Å². The van der Waals surface area contributed by atoms with Gasteiger partial charge in [0.15, 0.2) is 0 Å². The fraction of sp³-hybridized carbons (Fsp3) is 0.519. The quantitative estimate of drug-likeness (QED) is 0.392. The first kappa shape index (κ1) is 28.7. The molecule has 1 aromatic heterocycles. The summed E-state index contributed by atoms with van der Waals surface area (Å²) >= 11 is 0. The second-order valence-electron chi connectivity index (χ2n) is 10.3. The highest BCUT2D eigenvalue weighted by Crippen LogP contribution is 2.32. The molecule has 0 saturated carbocycles. The molecule has 2 aliphatic heterocycles. The van der Waals surface area contributed by atoms with Crippen LogP contribution in [0.15, 0.2) is 30.3 Å². The molecule has 1 amide bonds. The highest BCUT2D eigenvalue weighted by molar-refractivity contribution is 5.96. The molecule has 39 heavy (non-hydrogen) atoms. The van der Waals surface area contributed by atoms with Gasteiger partial charge in [0.1, 0.15) is 23.3 Å². The van der Waals surface area contributed by atoms with Gasteiger partial charge >= 0.3 is 12.1 Å². The van der Waals surface area contributed by atoms with Gasteiger partial charge in [-0.1, -0.05) is 6.07 Å². The molecule has 1 saturated heterocycles. The van der Waals surface area contributed by atoms with Crippen LogP contribution in [0.5, 0.6) is 0 Å². The van der Waals surface area contributed by atoms with Gasteiger partial charge in [-0.15, -0.1) is 0 Å². The molecule has 3 N–H and O–H groups in total. The van der Waals surface area contributed by atoms with Crippen LogP contribution in [0, 0.1) is 5.82 Å². The van der Waals surface area contributed by atoms with Gasteiger partial charge in [0, 0.05) is 30.9 Å². The summed E-state index contributed by atoms with van der Waals surface area (Å²) in [6.45, 7) is 1.65. The number of hydrogen-bond acceptors (Lipinski definition) is 5. The number of hydrogen-bond donors (Lipinski definition) is 3. The van der Waals surface area contributed by atoms with Gasteiger partial charge in [-0.25, -0.2) is 18.6 Å². The van der Waals surface area contributed by atoms with E-state index in [9.17, 15) is 32.3 Å². The lowest BCUT2D eigenvalue weighted by Crippen LogP contribution is -2.48. The van der Waals surface area contributed by atoms with Gasteiger partial charge in [-0.3, -0.25) is 4.79 Å². The van der Waals surface area contributed by atoms with E-state index in [1.165, 1.54) is 0 Å². The molecule has 0 aliphatic carbocycles. The first-order valence-corrected chi connectivity index (χ1v) is 13.0. The molecule has 212 valence electrons. The van der Waals surface area contributed by atoms with E-state index in [0.717, 1.165) is 36.5 Å². The number of fused-ring (bicyclic) bond motifs is 1. The average molecular weight is 555 g/mol. The van der Waals surface area contributed by atoms with Crippen LogP contribution in [0.25, 0.3) is 0 Å². The molecule has 1 unspecified atom stereocenters. The van der Waals surface area contributed by atoms with Gasteiger partial charge in [-0.2, -0.15) is 13.2 Å². The van der Waals surface area contributed by atoms with E-state index in [4.69, 9.17) is 0 Å². The van der Waals surface area contributed by atoms with Crippen molar-refractivity contribution < 1.29 is 36.6 Å². The number of aliphatic carboxylic acids is 1. The molecule has 3 heterocycles. The third kappa shape index (κ3) is 7.65. The van der Waals surface area contributed by atoms with Crippen molar-refractivity contribution in [3.63, 3.8) is 0 Å². The summed E-state index contributed by atoms with van der Waals surface area (Å²) in [5.74, 6) is -2.95. The molecule has 0 bridgehead atoms. The van der Waals surface area contributed by atoms with Gasteiger partial charge in [0.05, 0.1) is 5.56 Å². The fourth-order valence-electron chi connectivity index (χ4n) is 5.13. The van der Waals surface area contributed by atoms with Crippen LogP contribution in [0.4, 0.5) is 27.8 Å². The Kier molecular flexibility index (Phi) is 8.73. The summed E-state index contributed by atoms with van der Waals surface area (Å²) in [4.78, 5) is 30.6. The van der Waals surface area contributed by atoms with Crippen molar-refractivity contribution in [2.24, 2.45) is 0 Å². The maximum absolute atomic E-state index is 15.7. The Labute approximate surface area is 222 Å². The Hall–Kier alpha value is -3.28. The normalized spacial score (nSPS) is 20.5. The Morgan fingerprint density at radius 3 is 2.74 bits per heavy atom. The molecule has 0 spiro atoms. The molecule has 1 aromatic carbocycles. The number of carboxylic acid groups (broad SMARTS) is 1. The van der Waals surface area contributed by atoms with E-state index < -0.39 is 46.7 Å². The monoisotopic (exact) mass is 554 g/mol. The number of alkyl halides is 4. The minimum atomic E-state index is -4.87. The number of nitrogens with zero attached hydrogens (tertiary/aromatic N) is 2. The summed E-state index contributed by atoms with van der Waals surface area (Å²) in [6, 6.07) is 3.83. The fourth-order valence-corrected chi connectivity index (χ4v) is 5.13. The van der Waals surface area contributed by atoms with Gasteiger partial charge < -0.3 is 20.6 Å². The number of piperidine rings is 1. The number of carboxylic acids is 1. The lowest BCUT2D eigenvalue weighted by Gasteiger charge is -2.38. The average Bonchev–Trinajstić information content (AvgIpc) is 2.88. The summed E-state index contributed by atoms with van der Waals surface area (Å²) < 4.78 is 68.3. The predicted molar refractivity (Wildman–Crippen MR) is 134 cm³/mol. The van der Waals surface area contributed by atoms with Gasteiger partial charge in [0.25, 0.3) is 5.91 Å². The SMILES string of the molecule is O=C(NC(CCN1CCC[C@@](F)(CCc2ccc3c(n2)NCCC3)C1)C(=O)O)c1cc(F)cc(C(F)(F)F)c1. The Morgan fingerprint density at radius 2 is 2.00 bits per heavy atom. The van der Waals surface area contributed by atoms with E-state index in [1.807, 2.05) is 12.1 Å². The van der Waals surface area contributed by atoms with E-state index >= 15 is 4.39 Å². The second-order valence-corrected chi connectivity index (χ2v) is 10.3. The Bertz CT molecular complexity index is 1210. The number of anilines is 1. The minimum absolute atomic E-state index is 0.0926. The van der Waals surface area contributed by atoms with E-state index in [2.05, 4.69) is 15.6 Å². The van der Waals surface area contributed by atoms with Crippen molar-refractivity contribution >= 4 is 17.7 Å². The predicted octanol–water partition coefficient (Wildman–Crippen LogP) is 4.61. The second kappa shape index (κ2) is 11.8. The van der Waals surface area contributed by atoms with E-state index in [-0.39, 0.29) is 32.0 Å². The smallest absolute Gasteiger partial charge is 0.416 e. The molecule has 12 heteroatoms. The lowest BCUT2D eigenvalue weighted by molar-refractivity contribution is -0.140. The van der Waals surface area contributed by atoms with Crippen LogP contribution in [0.3, 0.4) is 0 Å². The molecule has 2 atom stereocenters. The molecular weight excluding hydrogens is 523 g/mol. The lowest BCUT2D eigenvalue weighted by atomic mass is 9.89. The molecule has 2 aromatic rings. The number of carbonyl (C=O) groups excluding carboxylic acids is 1. The summed E-state index contributed by atoms with van der Waals surface area (Å²) in [6.07, 6.45) is -1.30. The van der Waals surface area contributed by atoms with Crippen molar-refractivity contribution in [2.75, 3.05) is 31.5 Å². The Balaban J connectivity index is 1.32. The van der Waals surface area contributed by atoms with Crippen LogP contribution in [-0.2, 0) is 23.8 Å². The number of halogens is 5. The maximum atomic E-state index is 15.7. The number of rotatable bonds is 9. The zero-order valence-corrected chi connectivity index (χ0v) is 21.3. The molecule has 2 aliphatic rings. The number of aromatic nitrogens is 1. The van der Waals surface area contributed by atoms with Crippen LogP contribution < -0.4 is 10.6 Å². The van der Waals surface area contributed by atoms with Gasteiger partial charge in [-0.05, 0) is 81.3 Å². The van der Waals surface area contributed by atoms with Crippen molar-refractivity contribution in [1.29, 1.82) is 0 Å². The van der Waals surface area contributed by atoms with Crippen molar-refractivity contribution in [2.45, 2.75) is 62.8 Å². The minimum Gasteiger partial charge on any atom is -0.480 e. The molecule has 7 nitrogen and oxygen atoms in total. The molecule has 4 rings (SSSR count). The van der Waals surface area contributed by atoms with Crippen LogP contribution in [0.1, 0.15) is 59.3 Å². The number of benzene rings is 1. The standard InChI is InChI=1S/C27H31F5N4O3/c28-20-14-18(13-19(15-20)27(30,31)32)24(37)35-22(25(38)39)7-12-36-11-2-8-26(29,16-36)9-6-21-5-4-17-3-1-10-33-23(17)34-21/h4-5,13-15,22H,1-3,6-12,16H2,(H,33,34)(H,35,37)(H,38,39)/t22?,26-/m1/s1. The summed E-state index contributed by atoms with van der Waals surface area (Å²) in [5.41, 5.74) is -1.52. The molecular formula is C27H31F5N4O3. The number of nitrogens with one attached hydrogen (secondary N) is 2. The zero-order chi connectivity index (χ0) is 28.2. The topological polar surface area (TPSA) is 94.6 Å². The van der Waals surface area contributed by atoms with Crippen LogP contribution in [0.2, 0.25) is 0 Å². The van der Waals surface area contributed by atoms with Crippen LogP contribution >= 0.6 is 0 Å². The van der Waals surface area contributed by atoms with Gasteiger partial charge in [0.2, 0.25) is 0 Å². The Morgan fingerprint density at radius 1 is 1.21 bits per heavy atom. The summed E-state index contributed by atoms with van der Waals surface area (Å²) in [7, 11) is 0. The number of amides is 1. The summed E-state index contributed by atoms with van der Waals surface area (Å²) in [5, 5.41) is 15.0. The molecule has 1 fully saturated rings. The first-order chi connectivity index (χ1) is 18.4. The van der Waals surface area contributed by atoms with E-state index in [0.29, 0.717) is 37.9 Å². The first-order valence-electron chi connectivity index (χ1n) is 13.0. The van der Waals surface area contributed by atoms with Crippen molar-refractivity contribution in [3.8, 4) is 0 Å². The van der Waals surface area contributed by atoms with E-state index in [1.54, 1.807) is 4.90 Å². The number of aryl methyl sites for hydroxylation is 2. The zero-order valence-electron chi connectivity index (χ0n) is 21.3. The highest BCUT2D eigenvalue weighted by Gasteiger charge is 2.36. The third-order valence-corrected chi connectivity index (χ3v) is 7.21. The maximum Gasteiger partial charge on any atom is 0.416 e. The third-order valence-electron chi connectivity index (χ3n) is 7.21. The van der Waals surface area contributed by atoms with Crippen LogP contribution in [-0.4, -0.2) is 64.8 Å².